The Labute approximate surface area is 118 Å². The van der Waals surface area contributed by atoms with Crippen LogP contribution in [0.25, 0.3) is 0 Å². The number of aromatic nitrogens is 2. The summed E-state index contributed by atoms with van der Waals surface area (Å²) in [5.41, 5.74) is 0.280. The van der Waals surface area contributed by atoms with E-state index < -0.39 is 9.84 Å². The van der Waals surface area contributed by atoms with Crippen LogP contribution in [0.3, 0.4) is 0 Å². The third-order valence-electron chi connectivity index (χ3n) is 3.92. The molecule has 0 bridgehead atoms. The maximum absolute atomic E-state index is 12.0. The Morgan fingerprint density at radius 3 is 2.60 bits per heavy atom. The van der Waals surface area contributed by atoms with Crippen molar-refractivity contribution in [2.75, 3.05) is 12.8 Å². The van der Waals surface area contributed by atoms with Crippen molar-refractivity contribution in [3.05, 3.63) is 18.0 Å². The van der Waals surface area contributed by atoms with Crippen LogP contribution in [0.4, 0.5) is 0 Å². The molecule has 1 saturated carbocycles. The molecule has 110 valence electrons. The van der Waals surface area contributed by atoms with E-state index in [1.165, 1.54) is 12.3 Å². The molecular weight excluding hydrogens is 278 g/mol. The summed E-state index contributed by atoms with van der Waals surface area (Å²) >= 11 is 0. The Hall–Kier alpha value is -1.50. The maximum atomic E-state index is 12.0. The van der Waals surface area contributed by atoms with Crippen LogP contribution >= 0.6 is 0 Å². The number of hydrogen-bond donors (Lipinski definition) is 1. The zero-order valence-electron chi connectivity index (χ0n) is 11.9. The van der Waals surface area contributed by atoms with Crippen molar-refractivity contribution in [3.8, 4) is 0 Å². The number of hydrogen-bond acceptors (Lipinski definition) is 5. The Morgan fingerprint density at radius 2 is 2.10 bits per heavy atom. The molecule has 0 aliphatic heterocycles. The van der Waals surface area contributed by atoms with Gasteiger partial charge in [-0.1, -0.05) is 13.8 Å². The second kappa shape index (κ2) is 5.12. The molecule has 1 aromatic rings. The molecule has 0 saturated heterocycles. The first kappa shape index (κ1) is 14.9. The average molecular weight is 297 g/mol. The van der Waals surface area contributed by atoms with E-state index in [-0.39, 0.29) is 22.2 Å². The fraction of sp³-hybridized carbons (Fsp3) is 0.615. The van der Waals surface area contributed by atoms with Crippen LogP contribution in [0.5, 0.6) is 0 Å². The van der Waals surface area contributed by atoms with Gasteiger partial charge in [0, 0.05) is 19.0 Å². The fourth-order valence-corrected chi connectivity index (χ4v) is 2.63. The minimum atomic E-state index is -3.51. The largest absolute Gasteiger partial charge is 0.350 e. The third-order valence-corrected chi connectivity index (χ3v) is 4.78. The maximum Gasteiger partial charge on any atom is 0.270 e. The highest BCUT2D eigenvalue weighted by Crippen LogP contribution is 2.51. The molecule has 1 fully saturated rings. The van der Waals surface area contributed by atoms with Gasteiger partial charge in [-0.3, -0.25) is 4.79 Å². The fourth-order valence-electron chi connectivity index (χ4n) is 2.11. The predicted molar refractivity (Wildman–Crippen MR) is 74.0 cm³/mol. The van der Waals surface area contributed by atoms with Gasteiger partial charge in [0.2, 0.25) is 15.0 Å². The minimum absolute atomic E-state index is 0.0833. The van der Waals surface area contributed by atoms with Gasteiger partial charge in [-0.2, -0.15) is 0 Å². The second-order valence-corrected chi connectivity index (χ2v) is 7.61. The zero-order chi connectivity index (χ0) is 15.0. The molecule has 1 aromatic heterocycles. The van der Waals surface area contributed by atoms with Crippen LogP contribution < -0.4 is 5.32 Å². The predicted octanol–water partition coefficient (Wildman–Crippen LogP) is 1.05. The third kappa shape index (κ3) is 3.15. The van der Waals surface area contributed by atoms with Crippen LogP contribution in [0.15, 0.2) is 17.4 Å². The van der Waals surface area contributed by atoms with Gasteiger partial charge in [0.15, 0.2) is 0 Å². The summed E-state index contributed by atoms with van der Waals surface area (Å²) in [7, 11) is -3.51. The molecule has 6 nitrogen and oxygen atoms in total. The summed E-state index contributed by atoms with van der Waals surface area (Å²) in [6, 6.07) is 1.42. The quantitative estimate of drug-likeness (QED) is 0.820. The number of rotatable bonds is 5. The molecule has 1 N–H and O–H groups in total. The molecule has 1 aliphatic carbocycles. The SMILES string of the molecule is CC(C)C1(CNC(=O)c2ccnc(S(C)(=O)=O)n2)CC1. The highest BCUT2D eigenvalue weighted by Gasteiger charge is 2.45. The summed E-state index contributed by atoms with van der Waals surface area (Å²) in [5.74, 6) is 0.156. The molecular formula is C13H19N3O3S. The zero-order valence-corrected chi connectivity index (χ0v) is 12.7. The van der Waals surface area contributed by atoms with Crippen molar-refractivity contribution in [3.63, 3.8) is 0 Å². The van der Waals surface area contributed by atoms with Gasteiger partial charge in [0.25, 0.3) is 5.91 Å². The van der Waals surface area contributed by atoms with Crippen molar-refractivity contribution in [1.82, 2.24) is 15.3 Å². The Morgan fingerprint density at radius 1 is 1.45 bits per heavy atom. The van der Waals surface area contributed by atoms with Crippen molar-refractivity contribution >= 4 is 15.7 Å². The van der Waals surface area contributed by atoms with Crippen LogP contribution in [0.2, 0.25) is 0 Å². The van der Waals surface area contributed by atoms with E-state index in [0.717, 1.165) is 19.1 Å². The summed E-state index contributed by atoms with van der Waals surface area (Å²) in [6.45, 7) is 4.89. The van der Waals surface area contributed by atoms with Crippen molar-refractivity contribution in [2.45, 2.75) is 31.8 Å². The van der Waals surface area contributed by atoms with E-state index >= 15 is 0 Å². The first-order chi connectivity index (χ1) is 9.24. The number of carbonyl (C=O) groups excluding carboxylic acids is 1. The first-order valence-corrected chi connectivity index (χ1v) is 8.45. The molecule has 2 rings (SSSR count). The van der Waals surface area contributed by atoms with Crippen LogP contribution in [0.1, 0.15) is 37.2 Å². The van der Waals surface area contributed by atoms with E-state index in [0.29, 0.717) is 12.5 Å². The number of sulfone groups is 1. The van der Waals surface area contributed by atoms with Gasteiger partial charge >= 0.3 is 0 Å². The molecule has 7 heteroatoms. The Bertz CT molecular complexity index is 622. The van der Waals surface area contributed by atoms with Crippen LogP contribution in [-0.4, -0.2) is 37.1 Å². The van der Waals surface area contributed by atoms with E-state index in [1.54, 1.807) is 0 Å². The lowest BCUT2D eigenvalue weighted by Crippen LogP contribution is -2.33. The summed E-state index contributed by atoms with van der Waals surface area (Å²) in [4.78, 5) is 19.5. The van der Waals surface area contributed by atoms with E-state index in [2.05, 4.69) is 29.1 Å². The Balaban J connectivity index is 2.07. The van der Waals surface area contributed by atoms with Crippen LogP contribution in [0, 0.1) is 11.3 Å². The lowest BCUT2D eigenvalue weighted by atomic mass is 9.92. The molecule has 1 aliphatic rings. The van der Waals surface area contributed by atoms with E-state index in [9.17, 15) is 13.2 Å². The summed E-state index contributed by atoms with van der Waals surface area (Å²) < 4.78 is 22.7. The van der Waals surface area contributed by atoms with Crippen molar-refractivity contribution in [2.24, 2.45) is 11.3 Å². The number of nitrogens with zero attached hydrogens (tertiary/aromatic N) is 2. The van der Waals surface area contributed by atoms with Gasteiger partial charge < -0.3 is 5.32 Å². The van der Waals surface area contributed by atoms with Gasteiger partial charge in [-0.25, -0.2) is 18.4 Å². The molecule has 0 spiro atoms. The molecule has 1 amide bonds. The standard InChI is InChI=1S/C13H19N3O3S/c1-9(2)13(5-6-13)8-15-11(17)10-4-7-14-12(16-10)20(3,18)19/h4,7,9H,5-6,8H2,1-3H3,(H,15,17). The number of nitrogens with one attached hydrogen (secondary N) is 1. The molecule has 0 unspecified atom stereocenters. The van der Waals surface area contributed by atoms with E-state index in [4.69, 9.17) is 0 Å². The summed E-state index contributed by atoms with van der Waals surface area (Å²) in [5, 5.41) is 2.51. The van der Waals surface area contributed by atoms with Gasteiger partial charge in [0.1, 0.15) is 5.69 Å². The first-order valence-electron chi connectivity index (χ1n) is 6.56. The van der Waals surface area contributed by atoms with Gasteiger partial charge in [-0.05, 0) is 30.2 Å². The number of carbonyl (C=O) groups is 1. The molecule has 1 heterocycles. The molecule has 0 atom stereocenters. The second-order valence-electron chi connectivity index (χ2n) is 5.70. The lowest BCUT2D eigenvalue weighted by molar-refractivity contribution is 0.0934. The summed E-state index contributed by atoms with van der Waals surface area (Å²) in [6.07, 6.45) is 4.53. The van der Waals surface area contributed by atoms with E-state index in [1.807, 2.05) is 0 Å². The molecule has 0 aromatic carbocycles. The van der Waals surface area contributed by atoms with Gasteiger partial charge in [-0.15, -0.1) is 0 Å². The van der Waals surface area contributed by atoms with Crippen LogP contribution in [-0.2, 0) is 9.84 Å². The smallest absolute Gasteiger partial charge is 0.270 e. The highest BCUT2D eigenvalue weighted by molar-refractivity contribution is 7.90. The average Bonchev–Trinajstić information content (AvgIpc) is 3.16. The van der Waals surface area contributed by atoms with Gasteiger partial charge in [0.05, 0.1) is 0 Å². The Kier molecular flexibility index (Phi) is 3.82. The minimum Gasteiger partial charge on any atom is -0.350 e. The topological polar surface area (TPSA) is 89.0 Å². The highest BCUT2D eigenvalue weighted by atomic mass is 32.2. The monoisotopic (exact) mass is 297 g/mol. The van der Waals surface area contributed by atoms with Crippen molar-refractivity contribution in [1.29, 1.82) is 0 Å². The number of amides is 1. The lowest BCUT2D eigenvalue weighted by Gasteiger charge is -2.19. The van der Waals surface area contributed by atoms with Crippen molar-refractivity contribution < 1.29 is 13.2 Å². The molecule has 20 heavy (non-hydrogen) atoms. The normalized spacial score (nSPS) is 17.0. The molecule has 0 radical (unpaired) electrons.